The molecule has 1 aliphatic heterocycles. The molecule has 1 saturated heterocycles. The molecule has 244 valence electrons. The fourth-order valence-corrected chi connectivity index (χ4v) is 5.01. The molecule has 0 radical (unpaired) electrons. The lowest BCUT2D eigenvalue weighted by atomic mass is 9.82. The van der Waals surface area contributed by atoms with Gasteiger partial charge in [-0.15, -0.1) is 0 Å². The Labute approximate surface area is 267 Å². The van der Waals surface area contributed by atoms with E-state index in [4.69, 9.17) is 17.3 Å². The number of nitrogens with two attached hydrogens (primary N) is 2. The molecule has 2 aromatic rings. The molecule has 0 spiro atoms. The molecule has 1 fully saturated rings. The average molecular weight is 631 g/mol. The lowest BCUT2D eigenvalue weighted by molar-refractivity contribution is -0.144. The standard InChI is InChI=1S/C17H24N2O2.C15H23NO2.C2H4ClNO/c1-2-3-4-5-9-12-17(14-10-7-6-8-11-14)16(21)18-13-15(20)19-17;1-2-3-4-5-9-12-15(16,14(17)18)13-10-7-6-8-11-13;3-2(5)1-4/h6-8,10-11H,2-5,9,12-13H2,1H3,(H,18,21)(H,19,20);6-8,10-11H,2-5,9,12,16H2,1H3,(H,17,18);1,4H2. The number of halogens is 1. The molecule has 2 aromatic carbocycles. The first-order valence-electron chi connectivity index (χ1n) is 15.7. The van der Waals surface area contributed by atoms with Gasteiger partial charge in [0.1, 0.15) is 11.1 Å². The summed E-state index contributed by atoms with van der Waals surface area (Å²) >= 11 is 4.70. The molecule has 2 amide bonds. The van der Waals surface area contributed by atoms with Crippen LogP contribution in [0.5, 0.6) is 0 Å². The predicted octanol–water partition coefficient (Wildman–Crippen LogP) is 5.48. The second-order valence-corrected chi connectivity index (χ2v) is 11.5. The fraction of sp³-hybridized carbons (Fsp3) is 0.529. The van der Waals surface area contributed by atoms with Crippen LogP contribution < -0.4 is 22.1 Å². The van der Waals surface area contributed by atoms with E-state index in [1.807, 2.05) is 48.5 Å². The number of hydrogen-bond donors (Lipinski definition) is 5. The minimum Gasteiger partial charge on any atom is -0.480 e. The summed E-state index contributed by atoms with van der Waals surface area (Å²) in [7, 11) is 0. The van der Waals surface area contributed by atoms with Crippen LogP contribution in [-0.2, 0) is 30.3 Å². The van der Waals surface area contributed by atoms with Crippen molar-refractivity contribution >= 4 is 34.6 Å². The molecule has 1 heterocycles. The van der Waals surface area contributed by atoms with Crippen molar-refractivity contribution < 1.29 is 24.3 Å². The van der Waals surface area contributed by atoms with Crippen LogP contribution in [0.15, 0.2) is 60.7 Å². The number of piperazine rings is 1. The molecule has 2 atom stereocenters. The number of amides is 2. The molecule has 44 heavy (non-hydrogen) atoms. The van der Waals surface area contributed by atoms with E-state index in [-0.39, 0.29) is 24.9 Å². The molecule has 7 N–H and O–H groups in total. The molecule has 9 nitrogen and oxygen atoms in total. The van der Waals surface area contributed by atoms with Gasteiger partial charge in [0.2, 0.25) is 11.1 Å². The number of carboxylic acid groups (broad SMARTS) is 1. The summed E-state index contributed by atoms with van der Waals surface area (Å²) in [4.78, 5) is 45.1. The van der Waals surface area contributed by atoms with E-state index in [0.29, 0.717) is 18.4 Å². The van der Waals surface area contributed by atoms with Crippen LogP contribution in [0, 0.1) is 0 Å². The van der Waals surface area contributed by atoms with Gasteiger partial charge in [-0.25, -0.2) is 4.79 Å². The number of benzene rings is 2. The Bertz CT molecular complexity index is 1140. The van der Waals surface area contributed by atoms with Gasteiger partial charge in [0, 0.05) is 0 Å². The molecular formula is C34H51ClN4O5. The van der Waals surface area contributed by atoms with Gasteiger partial charge in [-0.1, -0.05) is 139 Å². The smallest absolute Gasteiger partial charge is 0.328 e. The molecule has 0 saturated carbocycles. The highest BCUT2D eigenvalue weighted by molar-refractivity contribution is 6.64. The molecule has 3 rings (SSSR count). The summed E-state index contributed by atoms with van der Waals surface area (Å²) in [5.41, 5.74) is 10.2. The normalized spacial score (nSPS) is 17.0. The van der Waals surface area contributed by atoms with Gasteiger partial charge in [-0.05, 0) is 35.6 Å². The van der Waals surface area contributed by atoms with Crippen molar-refractivity contribution in [2.24, 2.45) is 11.5 Å². The van der Waals surface area contributed by atoms with Crippen LogP contribution in [0.25, 0.3) is 0 Å². The van der Waals surface area contributed by atoms with E-state index in [1.165, 1.54) is 32.1 Å². The van der Waals surface area contributed by atoms with Crippen LogP contribution in [0.4, 0.5) is 0 Å². The highest BCUT2D eigenvalue weighted by atomic mass is 35.5. The summed E-state index contributed by atoms with van der Waals surface area (Å²) in [6, 6.07) is 18.7. The molecular weight excluding hydrogens is 580 g/mol. The van der Waals surface area contributed by atoms with E-state index in [2.05, 4.69) is 30.2 Å². The Morgan fingerprint density at radius 3 is 1.86 bits per heavy atom. The minimum absolute atomic E-state index is 0.0679. The van der Waals surface area contributed by atoms with Crippen LogP contribution in [-0.4, -0.2) is 41.2 Å². The number of rotatable bonds is 16. The minimum atomic E-state index is -1.24. The number of aliphatic carboxylic acids is 1. The Balaban J connectivity index is 0.000000385. The van der Waals surface area contributed by atoms with Crippen molar-refractivity contribution in [3.63, 3.8) is 0 Å². The third-order valence-corrected chi connectivity index (χ3v) is 7.73. The van der Waals surface area contributed by atoms with E-state index in [0.717, 1.165) is 37.7 Å². The highest BCUT2D eigenvalue weighted by Gasteiger charge is 2.43. The third kappa shape index (κ3) is 13.2. The van der Waals surface area contributed by atoms with Crippen molar-refractivity contribution in [3.05, 3.63) is 71.8 Å². The average Bonchev–Trinajstić information content (AvgIpc) is 3.03. The fourth-order valence-electron chi connectivity index (χ4n) is 5.01. The van der Waals surface area contributed by atoms with Crippen molar-refractivity contribution in [1.82, 2.24) is 10.6 Å². The first kappa shape index (κ1) is 38.8. The largest absolute Gasteiger partial charge is 0.480 e. The zero-order chi connectivity index (χ0) is 32.8. The quantitative estimate of drug-likeness (QED) is 0.121. The Hall–Kier alpha value is -3.27. The van der Waals surface area contributed by atoms with Gasteiger partial charge in [0.25, 0.3) is 5.91 Å². The first-order valence-corrected chi connectivity index (χ1v) is 16.1. The Kier molecular flexibility index (Phi) is 18.9. The van der Waals surface area contributed by atoms with Gasteiger partial charge < -0.3 is 27.2 Å². The Morgan fingerprint density at radius 2 is 1.36 bits per heavy atom. The van der Waals surface area contributed by atoms with Crippen LogP contribution >= 0.6 is 11.6 Å². The highest BCUT2D eigenvalue weighted by Crippen LogP contribution is 2.30. The van der Waals surface area contributed by atoms with Crippen molar-refractivity contribution in [2.75, 3.05) is 13.1 Å². The van der Waals surface area contributed by atoms with Crippen molar-refractivity contribution in [2.45, 2.75) is 102 Å². The second kappa shape index (κ2) is 21.4. The predicted molar refractivity (Wildman–Crippen MR) is 176 cm³/mol. The maximum atomic E-state index is 12.5. The van der Waals surface area contributed by atoms with Gasteiger partial charge in [-0.2, -0.15) is 0 Å². The summed E-state index contributed by atoms with van der Waals surface area (Å²) < 4.78 is 0. The number of unbranched alkanes of at least 4 members (excludes halogenated alkanes) is 8. The SMILES string of the molecule is CCCCCCCC(N)(C(=O)O)c1ccccc1.CCCCCCCC1(c2ccccc2)NC(=O)CNC1=O.NCC(=O)Cl. The number of nitrogens with one attached hydrogen (secondary N) is 2. The third-order valence-electron chi connectivity index (χ3n) is 7.58. The molecule has 0 bridgehead atoms. The number of carbonyl (C=O) groups is 4. The van der Waals surface area contributed by atoms with Crippen LogP contribution in [0.3, 0.4) is 0 Å². The topological polar surface area (TPSA) is 165 Å². The molecule has 10 heteroatoms. The molecule has 1 aliphatic rings. The Morgan fingerprint density at radius 1 is 0.864 bits per heavy atom. The van der Waals surface area contributed by atoms with Crippen molar-refractivity contribution in [3.8, 4) is 0 Å². The zero-order valence-corrected chi connectivity index (χ0v) is 27.0. The van der Waals surface area contributed by atoms with Crippen molar-refractivity contribution in [1.29, 1.82) is 0 Å². The van der Waals surface area contributed by atoms with Gasteiger partial charge in [0.15, 0.2) is 0 Å². The summed E-state index contributed by atoms with van der Waals surface area (Å²) in [6.45, 7) is 4.35. The number of carboxylic acids is 1. The van der Waals surface area contributed by atoms with E-state index < -0.39 is 22.3 Å². The molecule has 0 aromatic heterocycles. The zero-order valence-electron chi connectivity index (χ0n) is 26.3. The maximum absolute atomic E-state index is 12.5. The van der Waals surface area contributed by atoms with E-state index in [1.54, 1.807) is 12.1 Å². The number of carbonyl (C=O) groups excluding carboxylic acids is 3. The lowest BCUT2D eigenvalue weighted by Crippen LogP contribution is -2.63. The lowest BCUT2D eigenvalue weighted by Gasteiger charge is -2.37. The monoisotopic (exact) mass is 630 g/mol. The summed E-state index contributed by atoms with van der Waals surface area (Å²) in [5.74, 6) is -1.15. The van der Waals surface area contributed by atoms with E-state index in [9.17, 15) is 24.3 Å². The maximum Gasteiger partial charge on any atom is 0.328 e. The summed E-state index contributed by atoms with van der Waals surface area (Å²) in [6.07, 6.45) is 12.2. The number of hydrogen-bond acceptors (Lipinski definition) is 6. The first-order chi connectivity index (χ1) is 21.1. The van der Waals surface area contributed by atoms with Crippen LogP contribution in [0.2, 0.25) is 0 Å². The van der Waals surface area contributed by atoms with Crippen LogP contribution in [0.1, 0.15) is 102 Å². The molecule has 2 unspecified atom stereocenters. The summed E-state index contributed by atoms with van der Waals surface area (Å²) in [5, 5.41) is 14.5. The second-order valence-electron chi connectivity index (χ2n) is 11.0. The van der Waals surface area contributed by atoms with Gasteiger partial charge >= 0.3 is 5.97 Å². The van der Waals surface area contributed by atoms with Gasteiger partial charge in [-0.3, -0.25) is 14.4 Å². The van der Waals surface area contributed by atoms with Gasteiger partial charge in [0.05, 0.1) is 13.1 Å². The van der Waals surface area contributed by atoms with E-state index >= 15 is 0 Å². The molecule has 0 aliphatic carbocycles.